The topological polar surface area (TPSA) is 40.5 Å². The molecule has 0 saturated heterocycles. The Morgan fingerprint density at radius 1 is 1.25 bits per heavy atom. The summed E-state index contributed by atoms with van der Waals surface area (Å²) in [4.78, 5) is 12.4. The zero-order valence-electron chi connectivity index (χ0n) is 9.10. The van der Waals surface area contributed by atoms with Crippen molar-refractivity contribution in [3.05, 3.63) is 30.3 Å². The summed E-state index contributed by atoms with van der Waals surface area (Å²) in [5.74, 6) is -0.832. The monoisotopic (exact) mass is 225 g/mol. The number of rotatable bonds is 7. The fraction of sp³-hybridized carbons (Fsp3) is 0.417. The highest BCUT2D eigenvalue weighted by atomic mass is 19.1. The first-order valence-corrected chi connectivity index (χ1v) is 5.32. The van der Waals surface area contributed by atoms with E-state index in [9.17, 15) is 9.18 Å². The zero-order chi connectivity index (χ0) is 11.8. The van der Waals surface area contributed by atoms with E-state index in [1.807, 2.05) is 35.2 Å². The SMILES string of the molecule is O=C(O)CCN(CCCF)c1ccccc1. The molecule has 0 heterocycles. The third-order valence-electron chi connectivity index (χ3n) is 2.28. The van der Waals surface area contributed by atoms with Crippen LogP contribution in [0, 0.1) is 0 Å². The van der Waals surface area contributed by atoms with Crippen LogP contribution in [-0.2, 0) is 4.79 Å². The van der Waals surface area contributed by atoms with Gasteiger partial charge in [-0.1, -0.05) is 18.2 Å². The van der Waals surface area contributed by atoms with Gasteiger partial charge in [-0.15, -0.1) is 0 Å². The second-order valence-electron chi connectivity index (χ2n) is 3.51. The quantitative estimate of drug-likeness (QED) is 0.774. The van der Waals surface area contributed by atoms with Gasteiger partial charge in [0.1, 0.15) is 0 Å². The van der Waals surface area contributed by atoms with Gasteiger partial charge >= 0.3 is 5.97 Å². The van der Waals surface area contributed by atoms with Gasteiger partial charge in [0.15, 0.2) is 0 Å². The molecule has 0 bridgehead atoms. The van der Waals surface area contributed by atoms with Crippen LogP contribution < -0.4 is 4.90 Å². The molecular weight excluding hydrogens is 209 g/mol. The van der Waals surface area contributed by atoms with Gasteiger partial charge in [0, 0.05) is 18.8 Å². The lowest BCUT2D eigenvalue weighted by Gasteiger charge is -2.23. The van der Waals surface area contributed by atoms with E-state index in [1.54, 1.807) is 0 Å². The molecule has 1 aromatic carbocycles. The summed E-state index contributed by atoms with van der Waals surface area (Å²) in [5.41, 5.74) is 0.942. The minimum Gasteiger partial charge on any atom is -0.481 e. The Morgan fingerprint density at radius 2 is 1.94 bits per heavy atom. The third kappa shape index (κ3) is 4.29. The van der Waals surface area contributed by atoms with Crippen molar-refractivity contribution in [2.24, 2.45) is 0 Å². The number of carboxylic acid groups (broad SMARTS) is 1. The molecule has 1 aromatic rings. The lowest BCUT2D eigenvalue weighted by atomic mass is 10.2. The summed E-state index contributed by atoms with van der Waals surface area (Å²) in [5, 5.41) is 8.63. The minimum atomic E-state index is -0.832. The first-order chi connectivity index (χ1) is 7.74. The highest BCUT2D eigenvalue weighted by Gasteiger charge is 2.07. The van der Waals surface area contributed by atoms with Gasteiger partial charge in [-0.05, 0) is 18.6 Å². The van der Waals surface area contributed by atoms with Crippen LogP contribution in [0.1, 0.15) is 12.8 Å². The summed E-state index contributed by atoms with van der Waals surface area (Å²) in [6, 6.07) is 9.48. The molecule has 0 aliphatic heterocycles. The van der Waals surface area contributed by atoms with E-state index in [0.717, 1.165) is 5.69 Å². The second-order valence-corrected chi connectivity index (χ2v) is 3.51. The zero-order valence-corrected chi connectivity index (χ0v) is 9.10. The molecule has 0 saturated carbocycles. The molecule has 0 radical (unpaired) electrons. The molecule has 0 spiro atoms. The number of benzene rings is 1. The number of alkyl halides is 1. The molecular formula is C12H16FNO2. The Bertz CT molecular complexity index is 316. The first-order valence-electron chi connectivity index (χ1n) is 5.32. The smallest absolute Gasteiger partial charge is 0.305 e. The van der Waals surface area contributed by atoms with E-state index in [2.05, 4.69) is 0 Å². The Labute approximate surface area is 94.5 Å². The van der Waals surface area contributed by atoms with E-state index in [1.165, 1.54) is 0 Å². The number of carbonyl (C=O) groups is 1. The van der Waals surface area contributed by atoms with Crippen LogP contribution in [0.4, 0.5) is 10.1 Å². The number of carboxylic acids is 1. The van der Waals surface area contributed by atoms with Gasteiger partial charge in [-0.3, -0.25) is 9.18 Å². The predicted molar refractivity (Wildman–Crippen MR) is 61.5 cm³/mol. The van der Waals surface area contributed by atoms with Gasteiger partial charge in [0.25, 0.3) is 0 Å². The number of nitrogens with zero attached hydrogens (tertiary/aromatic N) is 1. The minimum absolute atomic E-state index is 0.0706. The van der Waals surface area contributed by atoms with Gasteiger partial charge < -0.3 is 10.0 Å². The van der Waals surface area contributed by atoms with Crippen molar-refractivity contribution in [2.75, 3.05) is 24.7 Å². The fourth-order valence-electron chi connectivity index (χ4n) is 1.49. The second kappa shape index (κ2) is 6.82. The van der Waals surface area contributed by atoms with E-state index in [0.29, 0.717) is 19.5 Å². The molecule has 0 fully saturated rings. The molecule has 0 aliphatic rings. The van der Waals surface area contributed by atoms with Crippen molar-refractivity contribution in [2.45, 2.75) is 12.8 Å². The molecule has 0 unspecified atom stereocenters. The van der Waals surface area contributed by atoms with Crippen LogP contribution >= 0.6 is 0 Å². The van der Waals surface area contributed by atoms with Crippen LogP contribution in [0.25, 0.3) is 0 Å². The molecule has 1 N–H and O–H groups in total. The van der Waals surface area contributed by atoms with Gasteiger partial charge in [-0.25, -0.2) is 0 Å². The predicted octanol–water partition coefficient (Wildman–Crippen LogP) is 2.33. The van der Waals surface area contributed by atoms with Crippen LogP contribution in [0.15, 0.2) is 30.3 Å². The fourth-order valence-corrected chi connectivity index (χ4v) is 1.49. The molecule has 0 amide bonds. The van der Waals surface area contributed by atoms with Crippen LogP contribution in [0.3, 0.4) is 0 Å². The summed E-state index contributed by atoms with van der Waals surface area (Å²) in [7, 11) is 0. The molecule has 1 rings (SSSR count). The van der Waals surface area contributed by atoms with E-state index in [-0.39, 0.29) is 13.1 Å². The van der Waals surface area contributed by atoms with Crippen molar-refractivity contribution in [1.29, 1.82) is 0 Å². The molecule has 88 valence electrons. The average molecular weight is 225 g/mol. The lowest BCUT2D eigenvalue weighted by Crippen LogP contribution is -2.27. The van der Waals surface area contributed by atoms with Crippen molar-refractivity contribution < 1.29 is 14.3 Å². The molecule has 4 heteroatoms. The lowest BCUT2D eigenvalue weighted by molar-refractivity contribution is -0.136. The standard InChI is InChI=1S/C12H16FNO2/c13-8-4-9-14(10-7-12(15)16)11-5-2-1-3-6-11/h1-3,5-6H,4,7-10H2,(H,15,16). The van der Waals surface area contributed by atoms with Crippen molar-refractivity contribution in [1.82, 2.24) is 0 Å². The Kier molecular flexibility index (Phi) is 5.32. The maximum absolute atomic E-state index is 12.1. The van der Waals surface area contributed by atoms with Crippen LogP contribution in [-0.4, -0.2) is 30.8 Å². The maximum atomic E-state index is 12.1. The van der Waals surface area contributed by atoms with Crippen molar-refractivity contribution >= 4 is 11.7 Å². The summed E-state index contributed by atoms with van der Waals surface area (Å²) in [6.45, 7) is 0.587. The third-order valence-corrected chi connectivity index (χ3v) is 2.28. The highest BCUT2D eigenvalue weighted by Crippen LogP contribution is 2.13. The number of anilines is 1. The van der Waals surface area contributed by atoms with Gasteiger partial charge in [0.05, 0.1) is 13.1 Å². The summed E-state index contributed by atoms with van der Waals surface area (Å²) < 4.78 is 12.1. The molecule has 3 nitrogen and oxygen atoms in total. The van der Waals surface area contributed by atoms with E-state index in [4.69, 9.17) is 5.11 Å². The molecule has 0 aromatic heterocycles. The van der Waals surface area contributed by atoms with E-state index < -0.39 is 5.97 Å². The number of para-hydroxylation sites is 1. The van der Waals surface area contributed by atoms with Crippen LogP contribution in [0.2, 0.25) is 0 Å². The van der Waals surface area contributed by atoms with Crippen molar-refractivity contribution in [3.63, 3.8) is 0 Å². The molecule has 0 aliphatic carbocycles. The number of aliphatic carboxylic acids is 1. The van der Waals surface area contributed by atoms with Crippen LogP contribution in [0.5, 0.6) is 0 Å². The Balaban J connectivity index is 2.59. The summed E-state index contributed by atoms with van der Waals surface area (Å²) >= 11 is 0. The summed E-state index contributed by atoms with van der Waals surface area (Å²) in [6.07, 6.45) is 0.496. The number of hydrogen-bond acceptors (Lipinski definition) is 2. The van der Waals surface area contributed by atoms with Gasteiger partial charge in [0.2, 0.25) is 0 Å². The molecule has 16 heavy (non-hydrogen) atoms. The van der Waals surface area contributed by atoms with E-state index >= 15 is 0 Å². The number of hydrogen-bond donors (Lipinski definition) is 1. The highest BCUT2D eigenvalue weighted by molar-refractivity contribution is 5.67. The van der Waals surface area contributed by atoms with Crippen molar-refractivity contribution in [3.8, 4) is 0 Å². The molecule has 0 atom stereocenters. The average Bonchev–Trinajstić information content (AvgIpc) is 2.30. The first kappa shape index (κ1) is 12.5. The maximum Gasteiger partial charge on any atom is 0.305 e. The Morgan fingerprint density at radius 3 is 2.50 bits per heavy atom. The largest absolute Gasteiger partial charge is 0.481 e. The normalized spacial score (nSPS) is 10.1. The van der Waals surface area contributed by atoms with Gasteiger partial charge in [-0.2, -0.15) is 0 Å². The number of halogens is 1. The Hall–Kier alpha value is -1.58.